The Bertz CT molecular complexity index is 937. The maximum Gasteiger partial charge on any atom is 0.227 e. The average Bonchev–Trinajstić information content (AvgIpc) is 2.74. The van der Waals surface area contributed by atoms with Crippen LogP contribution in [0.15, 0.2) is 30.3 Å². The van der Waals surface area contributed by atoms with Crippen molar-refractivity contribution >= 4 is 11.7 Å². The summed E-state index contributed by atoms with van der Waals surface area (Å²) in [7, 11) is 1.57. The van der Waals surface area contributed by atoms with Crippen LogP contribution < -0.4 is 14.2 Å². The number of hydrogen-bond donors (Lipinski definition) is 0. The molecule has 0 unspecified atom stereocenters. The Morgan fingerprint density at radius 3 is 2.23 bits per heavy atom. The molecule has 0 fully saturated rings. The number of ether oxygens (including phenoxy) is 3. The Hall–Kier alpha value is -3.02. The maximum atomic E-state index is 13.0. The van der Waals surface area contributed by atoms with Crippen LogP contribution in [0.25, 0.3) is 0 Å². The summed E-state index contributed by atoms with van der Waals surface area (Å²) < 4.78 is 16.8. The second-order valence-corrected chi connectivity index (χ2v) is 7.26. The van der Waals surface area contributed by atoms with Crippen molar-refractivity contribution in [3.63, 3.8) is 0 Å². The number of amides is 1. The number of methoxy groups -OCH3 is 1. The molecule has 0 atom stereocenters. The van der Waals surface area contributed by atoms with Crippen LogP contribution in [0.1, 0.15) is 47.8 Å². The van der Waals surface area contributed by atoms with E-state index < -0.39 is 0 Å². The van der Waals surface area contributed by atoms with Gasteiger partial charge in [-0.15, -0.1) is 0 Å². The van der Waals surface area contributed by atoms with Gasteiger partial charge in [0, 0.05) is 24.2 Å². The molecule has 0 bridgehead atoms. The van der Waals surface area contributed by atoms with E-state index in [1.165, 1.54) is 12.5 Å². The van der Waals surface area contributed by atoms with Crippen molar-refractivity contribution in [3.05, 3.63) is 52.6 Å². The molecule has 1 aliphatic rings. The Kier molecular flexibility index (Phi) is 6.98. The molecule has 0 aromatic heterocycles. The zero-order chi connectivity index (χ0) is 21.7. The lowest BCUT2D eigenvalue weighted by atomic mass is 9.97. The van der Waals surface area contributed by atoms with E-state index >= 15 is 0 Å². The quantitative estimate of drug-likeness (QED) is 0.618. The lowest BCUT2D eigenvalue weighted by Gasteiger charge is -2.30. The minimum absolute atomic E-state index is 0.00602. The van der Waals surface area contributed by atoms with Gasteiger partial charge in [0.1, 0.15) is 5.75 Å². The highest BCUT2D eigenvalue weighted by Crippen LogP contribution is 2.34. The Morgan fingerprint density at radius 2 is 1.63 bits per heavy atom. The lowest BCUT2D eigenvalue weighted by molar-refractivity contribution is -0.131. The van der Waals surface area contributed by atoms with Gasteiger partial charge in [0.15, 0.2) is 17.3 Å². The van der Waals surface area contributed by atoms with Crippen molar-refractivity contribution < 1.29 is 23.8 Å². The summed E-state index contributed by atoms with van der Waals surface area (Å²) in [5.41, 5.74) is 3.56. The predicted octanol–water partition coefficient (Wildman–Crippen LogP) is 3.82. The summed E-state index contributed by atoms with van der Waals surface area (Å²) in [6.07, 6.45) is 0.952. The Labute approximate surface area is 177 Å². The number of nitrogens with zero attached hydrogens (tertiary/aromatic N) is 1. The summed E-state index contributed by atoms with van der Waals surface area (Å²) in [6.45, 7) is 7.69. The summed E-state index contributed by atoms with van der Waals surface area (Å²) in [5.74, 6) is 2.05. The average molecular weight is 411 g/mol. The Balaban J connectivity index is 1.80. The zero-order valence-electron chi connectivity index (χ0n) is 18.1. The normalized spacial score (nSPS) is 12.9. The van der Waals surface area contributed by atoms with Crippen molar-refractivity contribution in [3.8, 4) is 17.2 Å². The van der Waals surface area contributed by atoms with Crippen molar-refractivity contribution in [2.75, 3.05) is 26.9 Å². The first-order chi connectivity index (χ1) is 14.5. The summed E-state index contributed by atoms with van der Waals surface area (Å²) in [6, 6.07) is 9.23. The van der Waals surface area contributed by atoms with E-state index in [9.17, 15) is 9.59 Å². The van der Waals surface area contributed by atoms with E-state index in [1.54, 1.807) is 25.3 Å². The van der Waals surface area contributed by atoms with Crippen LogP contribution in [0.4, 0.5) is 0 Å². The zero-order valence-corrected chi connectivity index (χ0v) is 18.1. The number of carbonyl (C=O) groups is 2. The molecule has 30 heavy (non-hydrogen) atoms. The number of fused-ring (bicyclic) bond motifs is 1. The van der Waals surface area contributed by atoms with Crippen LogP contribution in [0, 0.1) is 0 Å². The van der Waals surface area contributed by atoms with Crippen LogP contribution in [0.5, 0.6) is 17.2 Å². The molecule has 2 aromatic carbocycles. The van der Waals surface area contributed by atoms with Gasteiger partial charge < -0.3 is 19.1 Å². The van der Waals surface area contributed by atoms with Crippen LogP contribution in [-0.2, 0) is 24.2 Å². The van der Waals surface area contributed by atoms with Gasteiger partial charge in [-0.2, -0.15) is 0 Å². The fourth-order valence-corrected chi connectivity index (χ4v) is 3.72. The number of carbonyl (C=O) groups excluding carboxylic acids is 2. The van der Waals surface area contributed by atoms with Gasteiger partial charge in [0.25, 0.3) is 0 Å². The standard InChI is InChI=1S/C24H29NO5/c1-5-29-22-12-18-9-10-25(15-20(18)13-23(22)30-6-2)24(27)14-19-11-17(16(3)26)7-8-21(19)28-4/h7-8,11-13H,5-6,9-10,14-15H2,1-4H3. The third-order valence-electron chi connectivity index (χ3n) is 5.26. The third-order valence-corrected chi connectivity index (χ3v) is 5.26. The molecule has 0 saturated carbocycles. The first kappa shape index (κ1) is 21.7. The minimum Gasteiger partial charge on any atom is -0.496 e. The van der Waals surface area contributed by atoms with Gasteiger partial charge in [-0.25, -0.2) is 0 Å². The van der Waals surface area contributed by atoms with Crippen molar-refractivity contribution in [1.29, 1.82) is 0 Å². The van der Waals surface area contributed by atoms with Gasteiger partial charge in [-0.1, -0.05) is 0 Å². The van der Waals surface area contributed by atoms with Gasteiger partial charge in [0.2, 0.25) is 5.91 Å². The monoisotopic (exact) mass is 411 g/mol. The molecule has 1 aliphatic heterocycles. The molecule has 0 N–H and O–H groups in total. The molecule has 0 aliphatic carbocycles. The topological polar surface area (TPSA) is 65.1 Å². The second-order valence-electron chi connectivity index (χ2n) is 7.26. The molecule has 160 valence electrons. The van der Waals surface area contributed by atoms with Crippen LogP contribution in [0.3, 0.4) is 0 Å². The summed E-state index contributed by atoms with van der Waals surface area (Å²) in [5, 5.41) is 0. The predicted molar refractivity (Wildman–Crippen MR) is 115 cm³/mol. The number of hydrogen-bond acceptors (Lipinski definition) is 5. The number of benzene rings is 2. The highest BCUT2D eigenvalue weighted by atomic mass is 16.5. The molecule has 6 heteroatoms. The molecule has 0 radical (unpaired) electrons. The van der Waals surface area contributed by atoms with Crippen LogP contribution >= 0.6 is 0 Å². The van der Waals surface area contributed by atoms with Crippen molar-refractivity contribution in [2.24, 2.45) is 0 Å². The largest absolute Gasteiger partial charge is 0.496 e. The highest BCUT2D eigenvalue weighted by Gasteiger charge is 2.24. The van der Waals surface area contributed by atoms with E-state index in [-0.39, 0.29) is 18.1 Å². The highest BCUT2D eigenvalue weighted by molar-refractivity contribution is 5.94. The van der Waals surface area contributed by atoms with Crippen LogP contribution in [0.2, 0.25) is 0 Å². The lowest BCUT2D eigenvalue weighted by Crippen LogP contribution is -2.37. The first-order valence-electron chi connectivity index (χ1n) is 10.3. The molecular weight excluding hydrogens is 382 g/mol. The molecule has 1 heterocycles. The van der Waals surface area contributed by atoms with E-state index in [1.807, 2.05) is 30.9 Å². The molecule has 0 saturated heterocycles. The van der Waals surface area contributed by atoms with E-state index in [4.69, 9.17) is 14.2 Å². The number of rotatable bonds is 8. The number of ketones is 1. The Morgan fingerprint density at radius 1 is 0.967 bits per heavy atom. The molecule has 3 rings (SSSR count). The fourth-order valence-electron chi connectivity index (χ4n) is 3.72. The smallest absolute Gasteiger partial charge is 0.227 e. The molecule has 2 aromatic rings. The maximum absolute atomic E-state index is 13.0. The van der Waals surface area contributed by atoms with Gasteiger partial charge in [0.05, 0.1) is 26.7 Å². The molecule has 0 spiro atoms. The van der Waals surface area contributed by atoms with Gasteiger partial charge in [-0.3, -0.25) is 9.59 Å². The van der Waals surface area contributed by atoms with Gasteiger partial charge in [-0.05, 0) is 68.7 Å². The van der Waals surface area contributed by atoms with Crippen molar-refractivity contribution in [1.82, 2.24) is 4.90 Å². The first-order valence-corrected chi connectivity index (χ1v) is 10.3. The number of Topliss-reactive ketones (excluding diaryl/α,β-unsaturated/α-hetero) is 1. The molecule has 6 nitrogen and oxygen atoms in total. The van der Waals surface area contributed by atoms with E-state index in [0.717, 1.165) is 23.3 Å². The second kappa shape index (κ2) is 9.65. The molecule has 1 amide bonds. The van der Waals surface area contributed by atoms with Gasteiger partial charge >= 0.3 is 0 Å². The van der Waals surface area contributed by atoms with Crippen LogP contribution in [-0.4, -0.2) is 43.5 Å². The molecular formula is C24H29NO5. The summed E-state index contributed by atoms with van der Waals surface area (Å²) in [4.78, 5) is 26.6. The minimum atomic E-state index is -0.0354. The fraction of sp³-hybridized carbons (Fsp3) is 0.417. The third kappa shape index (κ3) is 4.75. The van der Waals surface area contributed by atoms with Crippen molar-refractivity contribution in [2.45, 2.75) is 40.2 Å². The SMILES string of the molecule is CCOc1cc2c(cc1OCC)CN(C(=O)Cc1cc(C(C)=O)ccc1OC)CC2. The van der Waals surface area contributed by atoms with E-state index in [0.29, 0.717) is 43.4 Å². The van der Waals surface area contributed by atoms with E-state index in [2.05, 4.69) is 0 Å². The summed E-state index contributed by atoms with van der Waals surface area (Å²) >= 11 is 0.